The average molecular weight is 270 g/mol. The molecule has 1 aliphatic rings. The average Bonchev–Trinajstić information content (AvgIpc) is 3.01. The van der Waals surface area contributed by atoms with Crippen LogP contribution in [-0.4, -0.2) is 22.6 Å². The molecule has 20 heavy (non-hydrogen) atoms. The number of aromatic amines is 1. The molecule has 0 spiro atoms. The summed E-state index contributed by atoms with van der Waals surface area (Å²) in [6.45, 7) is 2.65. The number of fused-ring (bicyclic) bond motifs is 1. The summed E-state index contributed by atoms with van der Waals surface area (Å²) in [5, 5.41) is 13.0. The second-order valence-corrected chi connectivity index (χ2v) is 5.20. The molecule has 2 heterocycles. The van der Waals surface area contributed by atoms with Crippen LogP contribution >= 0.6 is 0 Å². The topological polar surface area (TPSA) is 69.8 Å². The summed E-state index contributed by atoms with van der Waals surface area (Å²) in [6, 6.07) is 8.11. The third-order valence-electron chi connectivity index (χ3n) is 3.77. The zero-order chi connectivity index (χ0) is 13.9. The van der Waals surface area contributed by atoms with Crippen LogP contribution in [0.5, 0.6) is 0 Å². The molecule has 5 nitrogen and oxygen atoms in total. The Labute approximate surface area is 117 Å². The molecule has 0 aliphatic carbocycles. The van der Waals surface area contributed by atoms with Crippen molar-refractivity contribution in [1.82, 2.24) is 15.5 Å². The van der Waals surface area contributed by atoms with Gasteiger partial charge in [0.15, 0.2) is 0 Å². The molecule has 5 heteroatoms. The van der Waals surface area contributed by atoms with Crippen molar-refractivity contribution in [3.63, 3.8) is 0 Å². The number of benzene rings is 1. The molecule has 1 aliphatic heterocycles. The lowest BCUT2D eigenvalue weighted by molar-refractivity contribution is -0.125. The van der Waals surface area contributed by atoms with Gasteiger partial charge in [-0.15, -0.1) is 0 Å². The van der Waals surface area contributed by atoms with Gasteiger partial charge in [-0.2, -0.15) is 5.10 Å². The molecule has 1 amide bonds. The lowest BCUT2D eigenvalue weighted by Gasteiger charge is -2.26. The molecule has 1 aromatic heterocycles. The lowest BCUT2D eigenvalue weighted by Crippen LogP contribution is -2.39. The highest BCUT2D eigenvalue weighted by molar-refractivity contribution is 5.81. The summed E-state index contributed by atoms with van der Waals surface area (Å²) in [7, 11) is 0. The predicted molar refractivity (Wildman–Crippen MR) is 77.3 cm³/mol. The van der Waals surface area contributed by atoms with E-state index in [0.717, 1.165) is 17.7 Å². The van der Waals surface area contributed by atoms with Gasteiger partial charge in [0, 0.05) is 24.0 Å². The summed E-state index contributed by atoms with van der Waals surface area (Å²) >= 11 is 0. The first-order valence-electron chi connectivity index (χ1n) is 6.85. The van der Waals surface area contributed by atoms with Gasteiger partial charge in [-0.25, -0.2) is 0 Å². The highest BCUT2D eigenvalue weighted by Crippen LogP contribution is 2.24. The number of anilines is 1. The van der Waals surface area contributed by atoms with E-state index in [-0.39, 0.29) is 17.9 Å². The number of para-hydroxylation sites is 1. The number of nitrogens with zero attached hydrogens (tertiary/aromatic N) is 1. The van der Waals surface area contributed by atoms with Gasteiger partial charge in [-0.3, -0.25) is 9.89 Å². The monoisotopic (exact) mass is 270 g/mol. The van der Waals surface area contributed by atoms with Gasteiger partial charge in [0.25, 0.3) is 0 Å². The molecular weight excluding hydrogens is 252 g/mol. The van der Waals surface area contributed by atoms with Gasteiger partial charge in [0.2, 0.25) is 5.91 Å². The van der Waals surface area contributed by atoms with E-state index in [2.05, 4.69) is 33.0 Å². The number of carbonyl (C=O) groups excluding carboxylic acids is 1. The number of H-pyrrole nitrogens is 1. The summed E-state index contributed by atoms with van der Waals surface area (Å²) in [5.41, 5.74) is 3.33. The van der Waals surface area contributed by atoms with E-state index in [9.17, 15) is 4.79 Å². The fourth-order valence-corrected chi connectivity index (χ4v) is 2.54. The minimum absolute atomic E-state index is 0.0285. The Morgan fingerprint density at radius 3 is 3.10 bits per heavy atom. The smallest absolute Gasteiger partial charge is 0.225 e. The van der Waals surface area contributed by atoms with E-state index in [4.69, 9.17) is 0 Å². The van der Waals surface area contributed by atoms with Crippen LogP contribution in [0.1, 0.15) is 24.1 Å². The molecular formula is C15H18N4O. The zero-order valence-electron chi connectivity index (χ0n) is 11.4. The van der Waals surface area contributed by atoms with Crippen LogP contribution in [0.25, 0.3) is 0 Å². The van der Waals surface area contributed by atoms with Crippen LogP contribution in [0.15, 0.2) is 36.7 Å². The molecule has 3 rings (SSSR count). The first kappa shape index (κ1) is 12.7. The number of hydrogen-bond donors (Lipinski definition) is 3. The van der Waals surface area contributed by atoms with Crippen molar-refractivity contribution in [2.45, 2.75) is 19.4 Å². The van der Waals surface area contributed by atoms with Crippen LogP contribution in [-0.2, 0) is 11.2 Å². The van der Waals surface area contributed by atoms with Gasteiger partial charge < -0.3 is 10.6 Å². The third-order valence-corrected chi connectivity index (χ3v) is 3.77. The quantitative estimate of drug-likeness (QED) is 0.797. The second kappa shape index (κ2) is 5.36. The van der Waals surface area contributed by atoms with E-state index in [0.29, 0.717) is 6.54 Å². The summed E-state index contributed by atoms with van der Waals surface area (Å²) in [5.74, 6) is 0.0555. The van der Waals surface area contributed by atoms with Crippen molar-refractivity contribution in [2.24, 2.45) is 5.92 Å². The molecule has 0 bridgehead atoms. The minimum atomic E-state index is -0.0292. The van der Waals surface area contributed by atoms with Crippen LogP contribution in [0.2, 0.25) is 0 Å². The summed E-state index contributed by atoms with van der Waals surface area (Å²) in [6.07, 6.45) is 4.33. The normalized spacial score (nSPS) is 18.8. The fraction of sp³-hybridized carbons (Fsp3) is 0.333. The van der Waals surface area contributed by atoms with Crippen molar-refractivity contribution < 1.29 is 4.79 Å². The summed E-state index contributed by atoms with van der Waals surface area (Å²) in [4.78, 5) is 12.3. The summed E-state index contributed by atoms with van der Waals surface area (Å²) < 4.78 is 0. The number of amides is 1. The Kier molecular flexibility index (Phi) is 3.41. The first-order chi connectivity index (χ1) is 9.74. The molecule has 2 atom stereocenters. The molecule has 0 saturated carbocycles. The van der Waals surface area contributed by atoms with Crippen LogP contribution in [0.3, 0.4) is 0 Å². The van der Waals surface area contributed by atoms with Crippen LogP contribution in [0, 0.1) is 5.92 Å². The predicted octanol–water partition coefficient (Wildman–Crippen LogP) is 1.87. The van der Waals surface area contributed by atoms with Crippen molar-refractivity contribution in [1.29, 1.82) is 0 Å². The van der Waals surface area contributed by atoms with E-state index in [1.807, 2.05) is 19.1 Å². The second-order valence-electron chi connectivity index (χ2n) is 5.20. The largest absolute Gasteiger partial charge is 0.384 e. The molecule has 104 valence electrons. The Morgan fingerprint density at radius 2 is 2.30 bits per heavy atom. The van der Waals surface area contributed by atoms with Gasteiger partial charge in [-0.05, 0) is 25.0 Å². The maximum absolute atomic E-state index is 12.3. The van der Waals surface area contributed by atoms with E-state index in [1.54, 1.807) is 12.4 Å². The van der Waals surface area contributed by atoms with Gasteiger partial charge in [0.05, 0.1) is 18.2 Å². The Hall–Kier alpha value is -2.30. The Morgan fingerprint density at radius 1 is 1.45 bits per heavy atom. The Bertz CT molecular complexity index is 594. The van der Waals surface area contributed by atoms with Gasteiger partial charge in [0.1, 0.15) is 0 Å². The number of carbonyl (C=O) groups is 1. The standard InChI is InChI=1S/C15H18N4O/c1-10(13-8-17-18-9-13)19-15(20)12-6-11-4-2-3-5-14(11)16-7-12/h2-5,8-10,12,16H,6-7H2,1H3,(H,17,18)(H,19,20). The van der Waals surface area contributed by atoms with E-state index >= 15 is 0 Å². The Balaban J connectivity index is 1.64. The van der Waals surface area contributed by atoms with E-state index in [1.165, 1.54) is 5.56 Å². The number of nitrogens with one attached hydrogen (secondary N) is 3. The third kappa shape index (κ3) is 2.52. The maximum atomic E-state index is 12.3. The maximum Gasteiger partial charge on any atom is 0.225 e. The molecule has 0 saturated heterocycles. The molecule has 2 unspecified atom stereocenters. The molecule has 3 N–H and O–H groups in total. The fourth-order valence-electron chi connectivity index (χ4n) is 2.54. The molecule has 2 aromatic rings. The van der Waals surface area contributed by atoms with Gasteiger partial charge in [-0.1, -0.05) is 18.2 Å². The van der Waals surface area contributed by atoms with Gasteiger partial charge >= 0.3 is 0 Å². The van der Waals surface area contributed by atoms with Crippen molar-refractivity contribution in [2.75, 3.05) is 11.9 Å². The molecule has 0 fully saturated rings. The number of hydrogen-bond acceptors (Lipinski definition) is 3. The number of aromatic nitrogens is 2. The highest BCUT2D eigenvalue weighted by atomic mass is 16.2. The van der Waals surface area contributed by atoms with E-state index < -0.39 is 0 Å². The van der Waals surface area contributed by atoms with Crippen molar-refractivity contribution in [3.05, 3.63) is 47.8 Å². The molecule has 1 aromatic carbocycles. The van der Waals surface area contributed by atoms with Crippen LogP contribution in [0.4, 0.5) is 5.69 Å². The molecule has 0 radical (unpaired) electrons. The van der Waals surface area contributed by atoms with Crippen molar-refractivity contribution in [3.8, 4) is 0 Å². The number of rotatable bonds is 3. The lowest BCUT2D eigenvalue weighted by atomic mass is 9.93. The SMILES string of the molecule is CC(NC(=O)C1CNc2ccccc2C1)c1cn[nH]c1. The van der Waals surface area contributed by atoms with Crippen molar-refractivity contribution >= 4 is 11.6 Å². The minimum Gasteiger partial charge on any atom is -0.384 e. The van der Waals surface area contributed by atoms with Crippen LogP contribution < -0.4 is 10.6 Å². The zero-order valence-corrected chi connectivity index (χ0v) is 11.4. The first-order valence-corrected chi connectivity index (χ1v) is 6.85. The highest BCUT2D eigenvalue weighted by Gasteiger charge is 2.25.